The summed E-state index contributed by atoms with van der Waals surface area (Å²) < 4.78 is 22.5. The zero-order chi connectivity index (χ0) is 37.2. The summed E-state index contributed by atoms with van der Waals surface area (Å²) in [6.45, 7) is 13.5. The van der Waals surface area contributed by atoms with Gasteiger partial charge in [-0.15, -0.1) is 0 Å². The van der Waals surface area contributed by atoms with Gasteiger partial charge in [-0.1, -0.05) is 133 Å². The summed E-state index contributed by atoms with van der Waals surface area (Å²) in [5.74, 6) is 0. The van der Waals surface area contributed by atoms with Crippen molar-refractivity contribution < 1.29 is 35.0 Å². The van der Waals surface area contributed by atoms with Gasteiger partial charge in [-0.3, -0.25) is 0 Å². The minimum Gasteiger partial charge on any atom is -0.0622 e. The molecule has 0 aliphatic rings. The van der Waals surface area contributed by atoms with E-state index in [0.29, 0.717) is 0 Å². The van der Waals surface area contributed by atoms with Gasteiger partial charge >= 0.3 is 55.0 Å². The van der Waals surface area contributed by atoms with Gasteiger partial charge in [0.15, 0.2) is 0 Å². The second-order valence-corrected chi connectivity index (χ2v) is 22.2. The van der Waals surface area contributed by atoms with Crippen molar-refractivity contribution in [2.75, 3.05) is 37.0 Å². The fourth-order valence-corrected chi connectivity index (χ4v) is 19.9. The van der Waals surface area contributed by atoms with E-state index in [1.807, 2.05) is 0 Å². The Kier molecular flexibility index (Phi) is 24.7. The average molecular weight is 854 g/mol. The molecule has 263 valence electrons. The Hall–Kier alpha value is -3.05. The number of hydrogen-bond donors (Lipinski definition) is 0. The molecule has 0 amide bonds. The van der Waals surface area contributed by atoms with Gasteiger partial charge in [0.1, 0.15) is 6.16 Å². The van der Waals surface area contributed by atoms with Crippen LogP contribution in [-0.4, -0.2) is 37.0 Å². The first-order chi connectivity index (χ1) is 25.8. The molecular weight excluding hydrogens is 808 g/mol. The van der Waals surface area contributed by atoms with E-state index in [1.165, 1.54) is 58.2 Å². The van der Waals surface area contributed by atoms with E-state index in [9.17, 15) is 0 Å². The van der Waals surface area contributed by atoms with Crippen LogP contribution in [0.4, 0.5) is 0 Å². The van der Waals surface area contributed by atoms with Crippen LogP contribution in [0.25, 0.3) is 0 Å². The van der Waals surface area contributed by atoms with Crippen LogP contribution in [0, 0.1) is 20.0 Å². The Labute approximate surface area is 335 Å². The smallest absolute Gasteiger partial charge is 0.0622 e. The Bertz CT molecular complexity index is 1620. The van der Waals surface area contributed by atoms with Crippen molar-refractivity contribution in [1.29, 1.82) is 0 Å². The zero-order valence-corrected chi connectivity index (χ0v) is 35.5. The van der Waals surface area contributed by atoms with Crippen molar-refractivity contribution in [1.82, 2.24) is 0 Å². The summed E-state index contributed by atoms with van der Waals surface area (Å²) in [6, 6.07) is 68.3. The van der Waals surface area contributed by atoms with Gasteiger partial charge in [-0.25, -0.2) is 0 Å². The molecule has 6 rings (SSSR count). The molecular formula is C45H45MoO3P4+6. The first-order valence-corrected chi connectivity index (χ1v) is 24.2. The maximum Gasteiger partial charge on any atom is 3.00 e. The third-order valence-corrected chi connectivity index (χ3v) is 21.2. The van der Waals surface area contributed by atoms with E-state index in [4.69, 9.17) is 14.0 Å². The first-order valence-electron chi connectivity index (χ1n) is 17.1. The molecule has 6 aromatic carbocycles. The summed E-state index contributed by atoms with van der Waals surface area (Å²) in [5, 5.41) is 9.30. The standard InChI is InChI=1S/C42H42P4.3CO.Mo/c1-7-19-37(20-8-1)43(33-35-45(39-23-11-3-12-24-39)40-25-13-4-14-26-40)31-32-44(38-21-9-2-10-22-38)34-36-46(41-27-15-5-16-28-41)42-29-17-6-18-30-42;3*1-2;/h1-30H,31-36H2;;;;/q;;;;+3/p+3. The molecule has 0 aliphatic heterocycles. The van der Waals surface area contributed by atoms with Crippen LogP contribution in [0.1, 0.15) is 0 Å². The quantitative estimate of drug-likeness (QED) is 0.0437. The van der Waals surface area contributed by atoms with Crippen LogP contribution < -0.4 is 31.8 Å². The summed E-state index contributed by atoms with van der Waals surface area (Å²) in [5.41, 5.74) is 0. The third-order valence-electron chi connectivity index (χ3n) is 8.79. The molecule has 0 aromatic heterocycles. The number of hydrogen-bond acceptors (Lipinski definition) is 0. The summed E-state index contributed by atoms with van der Waals surface area (Å²) >= 11 is 0. The zero-order valence-electron chi connectivity index (χ0n) is 29.6. The van der Waals surface area contributed by atoms with Gasteiger partial charge in [0.2, 0.25) is 0 Å². The fraction of sp³-hybridized carbons (Fsp3) is 0.133. The molecule has 6 aromatic rings. The molecule has 0 spiro atoms. The maximum absolute atomic E-state index is 7.50. The maximum atomic E-state index is 7.50. The van der Waals surface area contributed by atoms with E-state index in [2.05, 4.69) is 202 Å². The molecule has 1 radical (unpaired) electrons. The molecule has 2 atom stereocenters. The van der Waals surface area contributed by atoms with Crippen LogP contribution >= 0.6 is 31.7 Å². The summed E-state index contributed by atoms with van der Waals surface area (Å²) in [4.78, 5) is 0. The predicted octanol–water partition coefficient (Wildman–Crippen LogP) is 7.95. The van der Waals surface area contributed by atoms with Gasteiger partial charge in [0.05, 0.1) is 53.8 Å². The molecule has 0 aliphatic carbocycles. The Balaban J connectivity index is 0.00000132. The summed E-state index contributed by atoms with van der Waals surface area (Å²) in [6.07, 6.45) is 7.90. The topological polar surface area (TPSA) is 59.7 Å². The Morgan fingerprint density at radius 3 is 0.943 bits per heavy atom. The molecule has 3 nitrogen and oxygen atoms in total. The van der Waals surface area contributed by atoms with Gasteiger partial charge in [-0.2, -0.15) is 0 Å². The predicted molar refractivity (Wildman–Crippen MR) is 229 cm³/mol. The van der Waals surface area contributed by atoms with Crippen molar-refractivity contribution in [2.24, 2.45) is 0 Å². The molecule has 0 saturated heterocycles. The normalized spacial score (nSPS) is 11.1. The largest absolute Gasteiger partial charge is 3.00 e. The molecule has 0 N–H and O–H groups in total. The van der Waals surface area contributed by atoms with Gasteiger partial charge in [0.25, 0.3) is 0 Å². The van der Waals surface area contributed by atoms with E-state index < -0.39 is 23.8 Å². The molecule has 0 saturated carbocycles. The molecule has 8 heteroatoms. The van der Waals surface area contributed by atoms with Crippen LogP contribution in [0.15, 0.2) is 182 Å². The van der Waals surface area contributed by atoms with Crippen LogP contribution in [0.2, 0.25) is 0 Å². The van der Waals surface area contributed by atoms with Crippen LogP contribution in [-0.2, 0) is 35.0 Å². The van der Waals surface area contributed by atoms with Crippen molar-refractivity contribution in [3.8, 4) is 0 Å². The monoisotopic (exact) mass is 855 g/mol. The molecule has 2 unspecified atom stereocenters. The Morgan fingerprint density at radius 2 is 0.604 bits per heavy atom. The van der Waals surface area contributed by atoms with Gasteiger partial charge in [-0.05, 0) is 67.1 Å². The summed E-state index contributed by atoms with van der Waals surface area (Å²) in [7, 11) is -2.65. The average Bonchev–Trinajstić information content (AvgIpc) is 3.25. The van der Waals surface area contributed by atoms with E-state index in [-0.39, 0.29) is 29.0 Å². The van der Waals surface area contributed by atoms with E-state index in [1.54, 1.807) is 10.6 Å². The van der Waals surface area contributed by atoms with Crippen molar-refractivity contribution in [2.45, 2.75) is 0 Å². The van der Waals surface area contributed by atoms with Crippen molar-refractivity contribution >= 4 is 63.5 Å². The van der Waals surface area contributed by atoms with E-state index >= 15 is 0 Å². The van der Waals surface area contributed by atoms with Crippen LogP contribution in [0.5, 0.6) is 0 Å². The van der Waals surface area contributed by atoms with E-state index in [0.717, 1.165) is 0 Å². The second-order valence-electron chi connectivity index (χ2n) is 11.7. The number of rotatable bonds is 15. The molecule has 0 heterocycles. The first kappa shape index (κ1) is 46.1. The SMILES string of the molecule is [C-]#[O+].[C-]#[O+].[C-]#[O+].[Mo+3].c1ccc(P(CC[PH+](CC[PH+](CC[PH+](c2ccccc2)c2ccccc2)c2ccccc2)c2ccccc2)c2ccccc2)cc1. The fourth-order valence-electron chi connectivity index (χ4n) is 6.36. The van der Waals surface area contributed by atoms with Crippen molar-refractivity contribution in [3.63, 3.8) is 0 Å². The van der Waals surface area contributed by atoms with Crippen molar-refractivity contribution in [3.05, 3.63) is 202 Å². The van der Waals surface area contributed by atoms with Crippen LogP contribution in [0.3, 0.4) is 0 Å². The molecule has 0 bridgehead atoms. The Morgan fingerprint density at radius 1 is 0.340 bits per heavy atom. The molecule has 0 fully saturated rings. The minimum atomic E-state index is -0.837. The minimum absolute atomic E-state index is 0. The van der Waals surface area contributed by atoms with Gasteiger partial charge in [0, 0.05) is 22.0 Å². The van der Waals surface area contributed by atoms with Gasteiger partial charge < -0.3 is 0 Å². The number of benzene rings is 6. The molecule has 53 heavy (non-hydrogen) atoms. The third kappa shape index (κ3) is 15.3. The second kappa shape index (κ2) is 28.4.